The molecule has 1 heterocycles. The summed E-state index contributed by atoms with van der Waals surface area (Å²) in [6.07, 6.45) is 1.18. The molecule has 0 aliphatic carbocycles. The van der Waals surface area contributed by atoms with Crippen LogP contribution in [-0.4, -0.2) is 24.2 Å². The van der Waals surface area contributed by atoms with Crippen LogP contribution < -0.4 is 0 Å². The molecule has 2 rings (SSSR count). The monoisotopic (exact) mass is 258 g/mol. The van der Waals surface area contributed by atoms with E-state index in [1.54, 1.807) is 18.2 Å². The van der Waals surface area contributed by atoms with Gasteiger partial charge in [0.25, 0.3) is 0 Å². The van der Waals surface area contributed by atoms with Gasteiger partial charge in [-0.05, 0) is 18.2 Å². The molecule has 1 aromatic heterocycles. The summed E-state index contributed by atoms with van der Waals surface area (Å²) in [5, 5.41) is 0. The van der Waals surface area contributed by atoms with E-state index in [9.17, 15) is 8.42 Å². The van der Waals surface area contributed by atoms with Gasteiger partial charge in [-0.15, -0.1) is 11.6 Å². The van der Waals surface area contributed by atoms with Crippen molar-refractivity contribution in [1.82, 2.24) is 9.55 Å². The quantitative estimate of drug-likeness (QED) is 0.771. The third kappa shape index (κ3) is 1.81. The minimum atomic E-state index is -3.19. The maximum atomic E-state index is 11.4. The number of sulfone groups is 1. The Morgan fingerprint density at radius 2 is 2.12 bits per heavy atom. The van der Waals surface area contributed by atoms with E-state index in [1.165, 1.54) is 6.26 Å². The Kier molecular flexibility index (Phi) is 2.67. The number of rotatable bonds is 2. The predicted molar refractivity (Wildman–Crippen MR) is 63.4 cm³/mol. The molecule has 0 saturated carbocycles. The fourth-order valence-electron chi connectivity index (χ4n) is 1.58. The van der Waals surface area contributed by atoms with Crippen molar-refractivity contribution in [3.05, 3.63) is 24.0 Å². The predicted octanol–water partition coefficient (Wildman–Crippen LogP) is 1.72. The normalized spacial score (nSPS) is 12.2. The Hall–Kier alpha value is -1.07. The lowest BCUT2D eigenvalue weighted by atomic mass is 10.3. The highest BCUT2D eigenvalue weighted by Crippen LogP contribution is 2.20. The summed E-state index contributed by atoms with van der Waals surface area (Å²) in [7, 11) is -1.33. The van der Waals surface area contributed by atoms with Gasteiger partial charge in [-0.2, -0.15) is 0 Å². The first-order valence-corrected chi connectivity index (χ1v) is 7.07. The van der Waals surface area contributed by atoms with Gasteiger partial charge < -0.3 is 4.57 Å². The zero-order chi connectivity index (χ0) is 11.9. The molecule has 0 unspecified atom stereocenters. The van der Waals surface area contributed by atoms with Gasteiger partial charge in [0, 0.05) is 13.3 Å². The third-order valence-electron chi connectivity index (χ3n) is 2.49. The molecule has 6 heteroatoms. The van der Waals surface area contributed by atoms with Gasteiger partial charge >= 0.3 is 0 Å². The fraction of sp³-hybridized carbons (Fsp3) is 0.300. The van der Waals surface area contributed by atoms with Gasteiger partial charge in [-0.25, -0.2) is 13.4 Å². The van der Waals surface area contributed by atoms with Gasteiger partial charge in [0.1, 0.15) is 5.82 Å². The van der Waals surface area contributed by atoms with Crippen LogP contribution in [0.5, 0.6) is 0 Å². The van der Waals surface area contributed by atoms with Crippen LogP contribution in [0.4, 0.5) is 0 Å². The van der Waals surface area contributed by atoms with Crippen molar-refractivity contribution in [3.63, 3.8) is 0 Å². The summed E-state index contributed by atoms with van der Waals surface area (Å²) in [5.41, 5.74) is 1.53. The summed E-state index contributed by atoms with van der Waals surface area (Å²) < 4.78 is 24.6. The van der Waals surface area contributed by atoms with Crippen LogP contribution in [0.3, 0.4) is 0 Å². The Morgan fingerprint density at radius 3 is 2.69 bits per heavy atom. The number of benzene rings is 1. The van der Waals surface area contributed by atoms with E-state index in [0.29, 0.717) is 11.4 Å². The van der Waals surface area contributed by atoms with E-state index >= 15 is 0 Å². The molecule has 0 fully saturated rings. The van der Waals surface area contributed by atoms with E-state index in [0.717, 1.165) is 11.3 Å². The van der Waals surface area contributed by atoms with E-state index in [-0.39, 0.29) is 4.90 Å². The molecular weight excluding hydrogens is 248 g/mol. The van der Waals surface area contributed by atoms with Gasteiger partial charge in [0.05, 0.1) is 21.8 Å². The second kappa shape index (κ2) is 3.75. The van der Waals surface area contributed by atoms with E-state index < -0.39 is 9.84 Å². The molecule has 0 N–H and O–H groups in total. The molecule has 16 heavy (non-hydrogen) atoms. The highest BCUT2D eigenvalue weighted by Gasteiger charge is 2.11. The Balaban J connectivity index is 2.73. The molecule has 0 atom stereocenters. The van der Waals surface area contributed by atoms with E-state index in [2.05, 4.69) is 4.98 Å². The van der Waals surface area contributed by atoms with Crippen LogP contribution in [0.15, 0.2) is 23.1 Å². The smallest absolute Gasteiger partial charge is 0.175 e. The number of alkyl halides is 1. The number of hydrogen-bond donors (Lipinski definition) is 0. The van der Waals surface area contributed by atoms with Gasteiger partial charge in [-0.1, -0.05) is 0 Å². The number of halogens is 1. The molecule has 4 nitrogen and oxygen atoms in total. The molecule has 1 aromatic carbocycles. The highest BCUT2D eigenvalue weighted by molar-refractivity contribution is 7.90. The lowest BCUT2D eigenvalue weighted by Crippen LogP contribution is -1.97. The lowest BCUT2D eigenvalue weighted by Gasteiger charge is -1.99. The molecule has 0 bridgehead atoms. The topological polar surface area (TPSA) is 52.0 Å². The summed E-state index contributed by atoms with van der Waals surface area (Å²) >= 11 is 5.73. The lowest BCUT2D eigenvalue weighted by molar-refractivity contribution is 0.602. The van der Waals surface area contributed by atoms with Crippen molar-refractivity contribution in [3.8, 4) is 0 Å². The summed E-state index contributed by atoms with van der Waals surface area (Å²) in [5.74, 6) is 1.03. The van der Waals surface area contributed by atoms with Crippen LogP contribution >= 0.6 is 11.6 Å². The molecule has 2 aromatic rings. The van der Waals surface area contributed by atoms with Crippen LogP contribution in [0.2, 0.25) is 0 Å². The molecule has 0 aliphatic heterocycles. The van der Waals surface area contributed by atoms with E-state index in [4.69, 9.17) is 11.6 Å². The number of aromatic nitrogens is 2. The molecule has 86 valence electrons. The van der Waals surface area contributed by atoms with Crippen molar-refractivity contribution < 1.29 is 8.42 Å². The molecule has 0 radical (unpaired) electrons. The minimum absolute atomic E-state index is 0.277. The van der Waals surface area contributed by atoms with Crippen molar-refractivity contribution in [2.24, 2.45) is 7.05 Å². The second-order valence-electron chi connectivity index (χ2n) is 3.64. The molecule has 0 spiro atoms. The Labute approximate surface area is 98.8 Å². The average molecular weight is 259 g/mol. The van der Waals surface area contributed by atoms with Gasteiger partial charge in [-0.3, -0.25) is 0 Å². The van der Waals surface area contributed by atoms with Crippen LogP contribution in [0, 0.1) is 0 Å². The first-order chi connectivity index (χ1) is 7.43. The Morgan fingerprint density at radius 1 is 1.44 bits per heavy atom. The number of hydrogen-bond acceptors (Lipinski definition) is 3. The maximum absolute atomic E-state index is 11.4. The fourth-order valence-corrected chi connectivity index (χ4v) is 2.46. The summed E-state index contributed by atoms with van der Waals surface area (Å²) in [6.45, 7) is 0. The standard InChI is InChI=1S/C10H11ClN2O2S/c1-13-9-4-3-7(16(2,14)15)5-8(9)12-10(13)6-11/h3-5H,6H2,1-2H3. The first kappa shape index (κ1) is 11.4. The number of fused-ring (bicyclic) bond motifs is 1. The Bertz CT molecular complexity index is 646. The second-order valence-corrected chi connectivity index (χ2v) is 5.93. The maximum Gasteiger partial charge on any atom is 0.175 e. The molecule has 0 aliphatic rings. The zero-order valence-electron chi connectivity index (χ0n) is 8.94. The number of aryl methyl sites for hydroxylation is 1. The number of nitrogens with zero attached hydrogens (tertiary/aromatic N) is 2. The molecular formula is C10H11ClN2O2S. The zero-order valence-corrected chi connectivity index (χ0v) is 10.5. The van der Waals surface area contributed by atoms with Crippen LogP contribution in [0.25, 0.3) is 11.0 Å². The molecule has 0 saturated heterocycles. The minimum Gasteiger partial charge on any atom is -0.330 e. The van der Waals surface area contributed by atoms with Crippen LogP contribution in [-0.2, 0) is 22.8 Å². The summed E-state index contributed by atoms with van der Waals surface area (Å²) in [6, 6.07) is 4.90. The van der Waals surface area contributed by atoms with Crippen molar-refractivity contribution >= 4 is 32.5 Å². The van der Waals surface area contributed by atoms with Gasteiger partial charge in [0.15, 0.2) is 9.84 Å². The highest BCUT2D eigenvalue weighted by atomic mass is 35.5. The third-order valence-corrected chi connectivity index (χ3v) is 3.84. The average Bonchev–Trinajstić information content (AvgIpc) is 2.54. The van der Waals surface area contributed by atoms with Crippen molar-refractivity contribution in [2.45, 2.75) is 10.8 Å². The van der Waals surface area contributed by atoms with Crippen LogP contribution in [0.1, 0.15) is 5.82 Å². The summed E-state index contributed by atoms with van der Waals surface area (Å²) in [4.78, 5) is 4.55. The van der Waals surface area contributed by atoms with Gasteiger partial charge in [0.2, 0.25) is 0 Å². The molecule has 0 amide bonds. The largest absolute Gasteiger partial charge is 0.330 e. The van der Waals surface area contributed by atoms with Crippen molar-refractivity contribution in [1.29, 1.82) is 0 Å². The van der Waals surface area contributed by atoms with Crippen molar-refractivity contribution in [2.75, 3.05) is 6.26 Å². The van der Waals surface area contributed by atoms with E-state index in [1.807, 2.05) is 11.6 Å². The first-order valence-electron chi connectivity index (χ1n) is 4.65. The number of imidazole rings is 1. The SMILES string of the molecule is Cn1c(CCl)nc2cc(S(C)(=O)=O)ccc21.